The second-order valence-corrected chi connectivity index (χ2v) is 6.25. The first-order valence-electron chi connectivity index (χ1n) is 8.50. The van der Waals surface area contributed by atoms with Crippen molar-refractivity contribution in [3.63, 3.8) is 0 Å². The number of amides is 2. The van der Waals surface area contributed by atoms with Crippen LogP contribution in [-0.2, 0) is 17.8 Å². The molecule has 4 heterocycles. The molecule has 0 unspecified atom stereocenters. The van der Waals surface area contributed by atoms with Gasteiger partial charge in [-0.15, -0.1) is 0 Å². The van der Waals surface area contributed by atoms with Gasteiger partial charge in [0, 0.05) is 43.9 Å². The smallest absolute Gasteiger partial charge is 0.289 e. The van der Waals surface area contributed by atoms with Gasteiger partial charge in [-0.2, -0.15) is 5.10 Å². The minimum absolute atomic E-state index is 0.102. The number of nitrogens with zero attached hydrogens (tertiary/aromatic N) is 3. The molecule has 1 fully saturated rings. The lowest BCUT2D eigenvalue weighted by atomic mass is 10.1. The predicted molar refractivity (Wildman–Crippen MR) is 87.1 cm³/mol. The molecule has 0 spiro atoms. The number of hydrogen-bond donors (Lipinski definition) is 1. The quantitative estimate of drug-likeness (QED) is 0.880. The fraction of sp³-hybridized carbons (Fsp3) is 0.471. The summed E-state index contributed by atoms with van der Waals surface area (Å²) in [5.41, 5.74) is 2.29. The monoisotopic (exact) mass is 344 g/mol. The van der Waals surface area contributed by atoms with E-state index in [0.29, 0.717) is 50.8 Å². The highest BCUT2D eigenvalue weighted by molar-refractivity contribution is 5.94. The molecule has 25 heavy (non-hydrogen) atoms. The summed E-state index contributed by atoms with van der Waals surface area (Å²) in [4.78, 5) is 28.8. The number of ether oxygens (including phenoxy) is 1. The van der Waals surface area contributed by atoms with Gasteiger partial charge in [-0.25, -0.2) is 0 Å². The summed E-state index contributed by atoms with van der Waals surface area (Å²) < 4.78 is 10.6. The molecule has 2 aromatic rings. The third-order valence-electron chi connectivity index (χ3n) is 4.70. The Kier molecular flexibility index (Phi) is 4.27. The number of hydrogen-bond acceptors (Lipinski definition) is 5. The zero-order chi connectivity index (χ0) is 17.2. The van der Waals surface area contributed by atoms with Crippen LogP contribution >= 0.6 is 0 Å². The number of furan rings is 1. The van der Waals surface area contributed by atoms with Crippen LogP contribution in [-0.4, -0.2) is 64.6 Å². The fourth-order valence-electron chi connectivity index (χ4n) is 3.32. The van der Waals surface area contributed by atoms with E-state index in [0.717, 1.165) is 24.1 Å². The van der Waals surface area contributed by atoms with Gasteiger partial charge >= 0.3 is 0 Å². The Bertz CT molecular complexity index is 768. The molecule has 2 aliphatic rings. The Balaban J connectivity index is 1.45. The molecule has 0 radical (unpaired) electrons. The van der Waals surface area contributed by atoms with Crippen molar-refractivity contribution < 1.29 is 18.7 Å². The van der Waals surface area contributed by atoms with E-state index in [1.54, 1.807) is 21.9 Å². The molecule has 0 atom stereocenters. The zero-order valence-corrected chi connectivity index (χ0v) is 13.9. The molecule has 0 aromatic carbocycles. The van der Waals surface area contributed by atoms with E-state index in [9.17, 15) is 9.59 Å². The highest BCUT2D eigenvalue weighted by Crippen LogP contribution is 2.20. The van der Waals surface area contributed by atoms with Gasteiger partial charge in [-0.1, -0.05) is 0 Å². The summed E-state index contributed by atoms with van der Waals surface area (Å²) in [6.45, 7) is 3.23. The number of aromatic amines is 1. The lowest BCUT2D eigenvalue weighted by Crippen LogP contribution is -2.37. The summed E-state index contributed by atoms with van der Waals surface area (Å²) in [6.07, 6.45) is 2.96. The minimum Gasteiger partial charge on any atom is -0.459 e. The lowest BCUT2D eigenvalue weighted by molar-refractivity contribution is 0.0693. The second-order valence-electron chi connectivity index (χ2n) is 6.25. The first-order chi connectivity index (χ1) is 12.2. The highest BCUT2D eigenvalue weighted by Gasteiger charge is 2.28. The molecule has 0 bridgehead atoms. The second kappa shape index (κ2) is 6.72. The van der Waals surface area contributed by atoms with Crippen LogP contribution in [0.4, 0.5) is 0 Å². The molecule has 1 N–H and O–H groups in total. The summed E-state index contributed by atoms with van der Waals surface area (Å²) in [7, 11) is 0. The van der Waals surface area contributed by atoms with E-state index in [1.165, 1.54) is 6.26 Å². The Morgan fingerprint density at radius 2 is 1.92 bits per heavy atom. The van der Waals surface area contributed by atoms with E-state index in [4.69, 9.17) is 9.15 Å². The van der Waals surface area contributed by atoms with Crippen molar-refractivity contribution in [1.82, 2.24) is 20.0 Å². The van der Waals surface area contributed by atoms with E-state index in [2.05, 4.69) is 10.2 Å². The molecule has 0 saturated carbocycles. The van der Waals surface area contributed by atoms with Gasteiger partial charge in [0.05, 0.1) is 19.5 Å². The van der Waals surface area contributed by atoms with Gasteiger partial charge in [-0.05, 0) is 18.6 Å². The molecular formula is C17H20N4O4. The predicted octanol–water partition coefficient (Wildman–Crippen LogP) is 1.06. The molecular weight excluding hydrogens is 324 g/mol. The van der Waals surface area contributed by atoms with Crippen LogP contribution in [0.2, 0.25) is 0 Å². The van der Waals surface area contributed by atoms with Crippen LogP contribution in [0.15, 0.2) is 22.8 Å². The van der Waals surface area contributed by atoms with E-state index >= 15 is 0 Å². The first kappa shape index (κ1) is 15.9. The van der Waals surface area contributed by atoms with Crippen molar-refractivity contribution >= 4 is 11.8 Å². The van der Waals surface area contributed by atoms with E-state index < -0.39 is 0 Å². The number of H-pyrrole nitrogens is 1. The van der Waals surface area contributed by atoms with Gasteiger partial charge in [0.1, 0.15) is 0 Å². The molecule has 8 nitrogen and oxygen atoms in total. The number of nitrogens with one attached hydrogen (secondary N) is 1. The lowest BCUT2D eigenvalue weighted by Gasteiger charge is -2.21. The zero-order valence-electron chi connectivity index (χ0n) is 13.9. The molecule has 132 valence electrons. The number of aromatic nitrogens is 2. The average Bonchev–Trinajstić information content (AvgIpc) is 3.25. The average molecular weight is 344 g/mol. The van der Waals surface area contributed by atoms with Crippen LogP contribution in [0.1, 0.15) is 38.7 Å². The Morgan fingerprint density at radius 3 is 2.68 bits per heavy atom. The standard InChI is InChI=1S/C17H20N4O4/c22-16(14-3-1-9-25-14)20-5-2-6-21(8-7-20)17(23)15-12-11-24-10-4-13(12)18-19-15/h1,3,9H,2,4-8,10-11H2,(H,18,19). The first-order valence-corrected chi connectivity index (χ1v) is 8.50. The summed E-state index contributed by atoms with van der Waals surface area (Å²) in [5.74, 6) is 0.0958. The SMILES string of the molecule is O=C(c1ccco1)N1CCCN(C(=O)c2n[nH]c3c2COCC3)CC1. The molecule has 8 heteroatoms. The van der Waals surface area contributed by atoms with Gasteiger partial charge in [-0.3, -0.25) is 14.7 Å². The van der Waals surface area contributed by atoms with Gasteiger partial charge in [0.25, 0.3) is 11.8 Å². The van der Waals surface area contributed by atoms with Crippen LogP contribution in [0.3, 0.4) is 0 Å². The number of carbonyl (C=O) groups excluding carboxylic acids is 2. The molecule has 2 amide bonds. The number of fused-ring (bicyclic) bond motifs is 1. The summed E-state index contributed by atoms with van der Waals surface area (Å²) in [5, 5.41) is 7.16. The maximum atomic E-state index is 12.9. The summed E-state index contributed by atoms with van der Waals surface area (Å²) in [6, 6.07) is 3.36. The minimum atomic E-state index is -0.134. The molecule has 2 aliphatic heterocycles. The fourth-order valence-corrected chi connectivity index (χ4v) is 3.32. The van der Waals surface area contributed by atoms with Gasteiger partial charge in [0.15, 0.2) is 11.5 Å². The summed E-state index contributed by atoms with van der Waals surface area (Å²) >= 11 is 0. The maximum Gasteiger partial charge on any atom is 0.289 e. The van der Waals surface area contributed by atoms with Crippen molar-refractivity contribution in [3.05, 3.63) is 41.1 Å². The molecule has 1 saturated heterocycles. The topological polar surface area (TPSA) is 91.7 Å². The van der Waals surface area contributed by atoms with Crippen molar-refractivity contribution in [2.45, 2.75) is 19.4 Å². The Hall–Kier alpha value is -2.61. The molecule has 4 rings (SSSR count). The van der Waals surface area contributed by atoms with Gasteiger partial charge < -0.3 is 19.0 Å². The molecule has 0 aliphatic carbocycles. The Morgan fingerprint density at radius 1 is 1.12 bits per heavy atom. The normalized spacial score (nSPS) is 17.9. The van der Waals surface area contributed by atoms with E-state index in [-0.39, 0.29) is 11.8 Å². The van der Waals surface area contributed by atoms with Crippen molar-refractivity contribution in [2.24, 2.45) is 0 Å². The highest BCUT2D eigenvalue weighted by atomic mass is 16.5. The Labute approximate surface area is 144 Å². The van der Waals surface area contributed by atoms with Crippen LogP contribution in [0, 0.1) is 0 Å². The van der Waals surface area contributed by atoms with Crippen molar-refractivity contribution in [1.29, 1.82) is 0 Å². The molecule has 2 aromatic heterocycles. The largest absolute Gasteiger partial charge is 0.459 e. The maximum absolute atomic E-state index is 12.9. The number of rotatable bonds is 2. The number of carbonyl (C=O) groups is 2. The van der Waals surface area contributed by atoms with Crippen LogP contribution < -0.4 is 0 Å². The van der Waals surface area contributed by atoms with Crippen molar-refractivity contribution in [3.8, 4) is 0 Å². The van der Waals surface area contributed by atoms with Crippen molar-refractivity contribution in [2.75, 3.05) is 32.8 Å². The van der Waals surface area contributed by atoms with Gasteiger partial charge in [0.2, 0.25) is 0 Å². The van der Waals surface area contributed by atoms with Crippen LogP contribution in [0.5, 0.6) is 0 Å². The van der Waals surface area contributed by atoms with E-state index in [1.807, 2.05) is 0 Å². The third-order valence-corrected chi connectivity index (χ3v) is 4.70. The van der Waals surface area contributed by atoms with Crippen LogP contribution in [0.25, 0.3) is 0 Å². The third kappa shape index (κ3) is 3.05.